The molecule has 0 radical (unpaired) electrons. The molecule has 2 aromatic rings. The molecule has 1 N–H and O–H groups in total. The van der Waals surface area contributed by atoms with Crippen LogP contribution in [0.15, 0.2) is 23.6 Å². The SMILES string of the molecule is COC(=O)CNC(=O)c1csc(-c2ccc(OC)c(OC)c2)n1. The van der Waals surface area contributed by atoms with Gasteiger partial charge in [0.15, 0.2) is 11.5 Å². The summed E-state index contributed by atoms with van der Waals surface area (Å²) in [6.07, 6.45) is 0. The average molecular weight is 336 g/mol. The van der Waals surface area contributed by atoms with E-state index < -0.39 is 11.9 Å². The Hall–Kier alpha value is -2.61. The van der Waals surface area contributed by atoms with E-state index in [-0.39, 0.29) is 12.2 Å². The van der Waals surface area contributed by atoms with Crippen molar-refractivity contribution >= 4 is 23.2 Å². The molecule has 0 bridgehead atoms. The lowest BCUT2D eigenvalue weighted by Gasteiger charge is -2.08. The Balaban J connectivity index is 2.15. The highest BCUT2D eigenvalue weighted by atomic mass is 32.1. The van der Waals surface area contributed by atoms with Crippen molar-refractivity contribution in [3.63, 3.8) is 0 Å². The molecule has 1 amide bonds. The van der Waals surface area contributed by atoms with Crippen molar-refractivity contribution in [1.82, 2.24) is 10.3 Å². The number of thiazole rings is 1. The van der Waals surface area contributed by atoms with Crippen LogP contribution in [-0.4, -0.2) is 44.7 Å². The van der Waals surface area contributed by atoms with Gasteiger partial charge >= 0.3 is 5.97 Å². The van der Waals surface area contributed by atoms with Crippen LogP contribution in [0, 0.1) is 0 Å². The van der Waals surface area contributed by atoms with E-state index in [1.165, 1.54) is 18.4 Å². The molecule has 1 aromatic heterocycles. The molecule has 0 aliphatic carbocycles. The number of ether oxygens (including phenoxy) is 3. The fourth-order valence-corrected chi connectivity index (χ4v) is 2.59. The Kier molecular flexibility index (Phi) is 5.53. The van der Waals surface area contributed by atoms with Gasteiger partial charge in [0.1, 0.15) is 17.2 Å². The summed E-state index contributed by atoms with van der Waals surface area (Å²) in [5.41, 5.74) is 1.04. The molecule has 0 saturated heterocycles. The van der Waals surface area contributed by atoms with E-state index in [0.717, 1.165) is 5.56 Å². The van der Waals surface area contributed by atoms with Gasteiger partial charge in [0.25, 0.3) is 5.91 Å². The van der Waals surface area contributed by atoms with E-state index in [1.807, 2.05) is 6.07 Å². The topological polar surface area (TPSA) is 86.8 Å². The molecule has 0 spiro atoms. The molecular formula is C15H16N2O5S. The van der Waals surface area contributed by atoms with Gasteiger partial charge in [-0.15, -0.1) is 11.3 Å². The van der Waals surface area contributed by atoms with E-state index in [4.69, 9.17) is 9.47 Å². The Labute approximate surface area is 137 Å². The zero-order valence-electron chi connectivity index (χ0n) is 12.9. The van der Waals surface area contributed by atoms with Crippen LogP contribution in [-0.2, 0) is 9.53 Å². The summed E-state index contributed by atoms with van der Waals surface area (Å²) in [7, 11) is 4.37. The normalized spacial score (nSPS) is 10.0. The lowest BCUT2D eigenvalue weighted by Crippen LogP contribution is -2.30. The number of methoxy groups -OCH3 is 3. The number of rotatable bonds is 6. The van der Waals surface area contributed by atoms with E-state index in [0.29, 0.717) is 16.5 Å². The van der Waals surface area contributed by atoms with Crippen molar-refractivity contribution < 1.29 is 23.8 Å². The van der Waals surface area contributed by atoms with Crippen LogP contribution in [0.1, 0.15) is 10.5 Å². The molecule has 0 fully saturated rings. The minimum Gasteiger partial charge on any atom is -0.493 e. The lowest BCUT2D eigenvalue weighted by molar-refractivity contribution is -0.139. The van der Waals surface area contributed by atoms with Gasteiger partial charge in [-0.05, 0) is 18.2 Å². The maximum absolute atomic E-state index is 11.9. The molecule has 1 heterocycles. The van der Waals surface area contributed by atoms with Crippen molar-refractivity contribution in [2.75, 3.05) is 27.9 Å². The molecule has 2 rings (SSSR count). The van der Waals surface area contributed by atoms with Crippen LogP contribution in [0.4, 0.5) is 0 Å². The Morgan fingerprint density at radius 2 is 1.91 bits per heavy atom. The van der Waals surface area contributed by atoms with Crippen molar-refractivity contribution in [2.24, 2.45) is 0 Å². The smallest absolute Gasteiger partial charge is 0.325 e. The number of aromatic nitrogens is 1. The quantitative estimate of drug-likeness (QED) is 0.809. The molecule has 1 aromatic carbocycles. The number of hydrogen-bond acceptors (Lipinski definition) is 7. The Morgan fingerprint density at radius 1 is 1.17 bits per heavy atom. The van der Waals surface area contributed by atoms with Crippen LogP contribution in [0.2, 0.25) is 0 Å². The number of benzene rings is 1. The summed E-state index contributed by atoms with van der Waals surface area (Å²) >= 11 is 1.32. The van der Waals surface area contributed by atoms with Crippen LogP contribution >= 0.6 is 11.3 Å². The third kappa shape index (κ3) is 3.98. The monoisotopic (exact) mass is 336 g/mol. The van der Waals surface area contributed by atoms with Crippen molar-refractivity contribution in [1.29, 1.82) is 0 Å². The van der Waals surface area contributed by atoms with Crippen molar-refractivity contribution in [3.8, 4) is 22.1 Å². The third-order valence-electron chi connectivity index (χ3n) is 2.99. The van der Waals surface area contributed by atoms with Gasteiger partial charge in [-0.25, -0.2) is 4.98 Å². The summed E-state index contributed by atoms with van der Waals surface area (Å²) in [5, 5.41) is 4.73. The van der Waals surface area contributed by atoms with Gasteiger partial charge in [-0.2, -0.15) is 0 Å². The second-order valence-corrected chi connectivity index (χ2v) is 5.22. The first kappa shape index (κ1) is 16.8. The highest BCUT2D eigenvalue weighted by Crippen LogP contribution is 2.33. The van der Waals surface area contributed by atoms with Crippen LogP contribution in [0.5, 0.6) is 11.5 Å². The van der Waals surface area contributed by atoms with Crippen molar-refractivity contribution in [3.05, 3.63) is 29.3 Å². The van der Waals surface area contributed by atoms with Crippen molar-refractivity contribution in [2.45, 2.75) is 0 Å². The Morgan fingerprint density at radius 3 is 2.57 bits per heavy atom. The number of amides is 1. The summed E-state index contributed by atoms with van der Waals surface area (Å²) < 4.78 is 14.9. The molecular weight excluding hydrogens is 320 g/mol. The summed E-state index contributed by atoms with van der Waals surface area (Å²) in [6, 6.07) is 5.39. The Bertz CT molecular complexity index is 714. The fourth-order valence-electron chi connectivity index (χ4n) is 1.80. The maximum Gasteiger partial charge on any atom is 0.325 e. The molecule has 23 heavy (non-hydrogen) atoms. The number of carbonyl (C=O) groups is 2. The molecule has 0 saturated carbocycles. The predicted octanol–water partition coefficient (Wildman–Crippen LogP) is 1.73. The van der Waals surface area contributed by atoms with E-state index in [2.05, 4.69) is 15.0 Å². The van der Waals surface area contributed by atoms with Gasteiger partial charge in [0.2, 0.25) is 0 Å². The lowest BCUT2D eigenvalue weighted by atomic mass is 10.2. The minimum absolute atomic E-state index is 0.196. The number of nitrogens with zero attached hydrogens (tertiary/aromatic N) is 1. The molecule has 0 unspecified atom stereocenters. The summed E-state index contributed by atoms with van der Waals surface area (Å²) in [6.45, 7) is -0.196. The molecule has 0 aliphatic heterocycles. The molecule has 122 valence electrons. The van der Waals surface area contributed by atoms with Gasteiger partial charge in [-0.3, -0.25) is 9.59 Å². The highest BCUT2D eigenvalue weighted by molar-refractivity contribution is 7.13. The van der Waals surface area contributed by atoms with Gasteiger partial charge in [-0.1, -0.05) is 0 Å². The van der Waals surface area contributed by atoms with E-state index >= 15 is 0 Å². The first-order chi connectivity index (χ1) is 11.1. The fraction of sp³-hybridized carbons (Fsp3) is 0.267. The van der Waals surface area contributed by atoms with E-state index in [1.54, 1.807) is 31.7 Å². The third-order valence-corrected chi connectivity index (χ3v) is 3.88. The van der Waals surface area contributed by atoms with Crippen LogP contribution < -0.4 is 14.8 Å². The number of carbonyl (C=O) groups excluding carboxylic acids is 2. The van der Waals surface area contributed by atoms with Crippen LogP contribution in [0.3, 0.4) is 0 Å². The standard InChI is InChI=1S/C15H16N2O5S/c1-20-11-5-4-9(6-12(11)21-2)15-17-10(8-23-15)14(19)16-7-13(18)22-3/h4-6,8H,7H2,1-3H3,(H,16,19). The summed E-state index contributed by atoms with van der Waals surface area (Å²) in [5.74, 6) is 0.243. The van der Waals surface area contributed by atoms with Gasteiger partial charge in [0.05, 0.1) is 21.3 Å². The zero-order valence-corrected chi connectivity index (χ0v) is 13.7. The van der Waals surface area contributed by atoms with Gasteiger partial charge in [0, 0.05) is 10.9 Å². The number of esters is 1. The highest BCUT2D eigenvalue weighted by Gasteiger charge is 2.14. The average Bonchev–Trinajstić information content (AvgIpc) is 3.08. The number of hydrogen-bond donors (Lipinski definition) is 1. The molecule has 0 atom stereocenters. The second kappa shape index (κ2) is 7.59. The second-order valence-electron chi connectivity index (χ2n) is 4.37. The summed E-state index contributed by atoms with van der Waals surface area (Å²) in [4.78, 5) is 27.2. The molecule has 0 aliphatic rings. The molecule has 7 nitrogen and oxygen atoms in total. The largest absolute Gasteiger partial charge is 0.493 e. The number of nitrogens with one attached hydrogen (secondary N) is 1. The van der Waals surface area contributed by atoms with Crippen LogP contribution in [0.25, 0.3) is 10.6 Å². The molecule has 8 heteroatoms. The first-order valence-corrected chi connectivity index (χ1v) is 7.50. The maximum atomic E-state index is 11.9. The predicted molar refractivity (Wildman–Crippen MR) is 85.0 cm³/mol. The minimum atomic E-state index is -0.520. The first-order valence-electron chi connectivity index (χ1n) is 6.62. The zero-order chi connectivity index (χ0) is 16.8. The van der Waals surface area contributed by atoms with Gasteiger partial charge < -0.3 is 19.5 Å². The van der Waals surface area contributed by atoms with E-state index in [9.17, 15) is 9.59 Å².